The minimum absolute atomic E-state index is 0.311. The molecule has 0 bridgehead atoms. The van der Waals surface area contributed by atoms with Crippen molar-refractivity contribution in [1.29, 1.82) is 0 Å². The first-order valence-corrected chi connectivity index (χ1v) is 9.64. The van der Waals surface area contributed by atoms with Gasteiger partial charge in [0.05, 0.1) is 33.0 Å². The van der Waals surface area contributed by atoms with Crippen LogP contribution in [0.5, 0.6) is 11.5 Å². The molecule has 1 fully saturated rings. The Kier molecular flexibility index (Phi) is 5.89. The highest BCUT2D eigenvalue weighted by Crippen LogP contribution is 2.36. The number of hydrogen-bond acceptors (Lipinski definition) is 4. The van der Waals surface area contributed by atoms with Crippen molar-refractivity contribution in [1.82, 2.24) is 5.43 Å². The van der Waals surface area contributed by atoms with Crippen molar-refractivity contribution in [2.45, 2.75) is 39.2 Å². The largest absolute Gasteiger partial charge is 0.493 e. The molecule has 1 unspecified atom stereocenters. The normalized spacial score (nSPS) is 25.7. The zero-order valence-corrected chi connectivity index (χ0v) is 16.7. The summed E-state index contributed by atoms with van der Waals surface area (Å²) in [5.41, 5.74) is 11.3. The summed E-state index contributed by atoms with van der Waals surface area (Å²) in [7, 11) is 3.34. The number of hydrazone groups is 1. The van der Waals surface area contributed by atoms with E-state index in [9.17, 15) is 4.79 Å². The first-order chi connectivity index (χ1) is 12.9. The van der Waals surface area contributed by atoms with E-state index >= 15 is 0 Å². The van der Waals surface area contributed by atoms with Gasteiger partial charge in [-0.25, -0.2) is 10.2 Å². The Morgan fingerprint density at radius 3 is 2.67 bits per heavy atom. The highest BCUT2D eigenvalue weighted by atomic mass is 16.5. The van der Waals surface area contributed by atoms with Gasteiger partial charge in [0.15, 0.2) is 11.5 Å². The maximum absolute atomic E-state index is 11.2. The molecule has 2 aliphatic rings. The summed E-state index contributed by atoms with van der Waals surface area (Å²) in [6.07, 6.45) is 2.91. The van der Waals surface area contributed by atoms with E-state index in [1.807, 2.05) is 0 Å². The minimum Gasteiger partial charge on any atom is -0.493 e. The molecule has 0 saturated carbocycles. The molecular weight excluding hydrogens is 344 g/mol. The summed E-state index contributed by atoms with van der Waals surface area (Å²) >= 11 is 0. The maximum atomic E-state index is 11.2. The second-order valence-corrected chi connectivity index (χ2v) is 7.93. The van der Waals surface area contributed by atoms with Gasteiger partial charge in [-0.1, -0.05) is 13.8 Å². The number of carbonyl (C=O) groups is 1. The van der Waals surface area contributed by atoms with Crippen LogP contribution < -0.4 is 25.5 Å². The highest BCUT2D eigenvalue weighted by molar-refractivity contribution is 5.89. The van der Waals surface area contributed by atoms with Crippen molar-refractivity contribution in [3.63, 3.8) is 0 Å². The third-order valence-corrected chi connectivity index (χ3v) is 5.69. The Morgan fingerprint density at radius 1 is 1.33 bits per heavy atom. The fraction of sp³-hybridized carbons (Fsp3) is 0.600. The highest BCUT2D eigenvalue weighted by Gasteiger charge is 2.41. The second kappa shape index (κ2) is 8.17. The smallest absolute Gasteiger partial charge is 0.332 e. The van der Waals surface area contributed by atoms with Gasteiger partial charge in [-0.2, -0.15) is 5.10 Å². The van der Waals surface area contributed by atoms with Crippen molar-refractivity contribution >= 4 is 11.7 Å². The summed E-state index contributed by atoms with van der Waals surface area (Å²) in [4.78, 5) is 12.8. The fourth-order valence-corrected chi connectivity index (χ4v) is 4.53. The number of carbonyl (C=O) groups excluding carboxylic acids is 1. The molecule has 1 saturated heterocycles. The van der Waals surface area contributed by atoms with Crippen molar-refractivity contribution in [2.24, 2.45) is 22.7 Å². The SMILES string of the molecule is COc1cc2c(cc1OC)[C@@H]1C/C(=N\NC(N)=O)[C@H](CC(C)C)C[NH+]1CC2. The number of nitrogens with zero attached hydrogens (tertiary/aromatic N) is 1. The number of piperidine rings is 1. The molecule has 0 spiro atoms. The molecule has 7 heteroatoms. The predicted molar refractivity (Wildman–Crippen MR) is 104 cm³/mol. The number of nitrogens with two attached hydrogens (primary N) is 1. The lowest BCUT2D eigenvalue weighted by Gasteiger charge is -2.41. The van der Waals surface area contributed by atoms with Crippen LogP contribution in [0.2, 0.25) is 0 Å². The van der Waals surface area contributed by atoms with Gasteiger partial charge < -0.3 is 20.1 Å². The Bertz CT molecular complexity index is 732. The number of methoxy groups -OCH3 is 2. The molecule has 1 aromatic carbocycles. The molecule has 2 aliphatic heterocycles. The van der Waals surface area contributed by atoms with E-state index in [0.29, 0.717) is 17.9 Å². The van der Waals surface area contributed by atoms with Gasteiger partial charge in [0.2, 0.25) is 0 Å². The molecule has 7 nitrogen and oxygen atoms in total. The van der Waals surface area contributed by atoms with E-state index in [1.54, 1.807) is 19.1 Å². The fourth-order valence-electron chi connectivity index (χ4n) is 4.53. The molecule has 0 aromatic heterocycles. The molecule has 0 aliphatic carbocycles. The van der Waals surface area contributed by atoms with E-state index in [-0.39, 0.29) is 0 Å². The molecule has 1 aromatic rings. The predicted octanol–water partition coefficient (Wildman–Crippen LogP) is 1.28. The van der Waals surface area contributed by atoms with Crippen LogP contribution >= 0.6 is 0 Å². The Labute approximate surface area is 160 Å². The molecule has 2 heterocycles. The molecule has 3 atom stereocenters. The lowest BCUT2D eigenvalue weighted by atomic mass is 9.79. The molecule has 0 radical (unpaired) electrons. The Hall–Kier alpha value is -2.28. The van der Waals surface area contributed by atoms with Crippen LogP contribution in [0.3, 0.4) is 0 Å². The number of hydrogen-bond donors (Lipinski definition) is 3. The van der Waals surface area contributed by atoms with Gasteiger partial charge in [0.1, 0.15) is 6.04 Å². The summed E-state index contributed by atoms with van der Waals surface area (Å²) in [5.74, 6) is 2.48. The van der Waals surface area contributed by atoms with Crippen molar-refractivity contribution in [2.75, 3.05) is 27.3 Å². The number of urea groups is 1. The average molecular weight is 375 g/mol. The standard InChI is InChI=1S/C20H30N4O3/c1-12(2)7-14-11-24-6-5-13-8-18(26-3)19(27-4)9-15(13)17(24)10-16(14)22-23-20(21)25/h8-9,12,14,17H,5-7,10-11H2,1-4H3,(H3,21,23,25)/p+1/b22-16+/t14-,17+/m1/s1. The van der Waals surface area contributed by atoms with Gasteiger partial charge in [-0.05, 0) is 30.0 Å². The van der Waals surface area contributed by atoms with Crippen LogP contribution in [0, 0.1) is 11.8 Å². The van der Waals surface area contributed by atoms with E-state index in [1.165, 1.54) is 11.1 Å². The lowest BCUT2D eigenvalue weighted by molar-refractivity contribution is -0.938. The first kappa shape index (κ1) is 19.5. The molecule has 27 heavy (non-hydrogen) atoms. The minimum atomic E-state index is -0.615. The number of ether oxygens (including phenoxy) is 2. The summed E-state index contributed by atoms with van der Waals surface area (Å²) in [5, 5.41) is 4.38. The van der Waals surface area contributed by atoms with Crippen molar-refractivity contribution in [3.05, 3.63) is 23.3 Å². The Balaban J connectivity index is 1.93. The van der Waals surface area contributed by atoms with Crippen LogP contribution in [0.25, 0.3) is 0 Å². The summed E-state index contributed by atoms with van der Waals surface area (Å²) < 4.78 is 11.0. The van der Waals surface area contributed by atoms with E-state index in [4.69, 9.17) is 15.2 Å². The number of primary amides is 1. The van der Waals surface area contributed by atoms with Gasteiger partial charge in [-0.3, -0.25) is 0 Å². The van der Waals surface area contributed by atoms with Gasteiger partial charge >= 0.3 is 6.03 Å². The molecule has 148 valence electrons. The first-order valence-electron chi connectivity index (χ1n) is 9.64. The third-order valence-electron chi connectivity index (χ3n) is 5.69. The molecule has 4 N–H and O–H groups in total. The van der Waals surface area contributed by atoms with Gasteiger partial charge in [0, 0.05) is 24.3 Å². The van der Waals surface area contributed by atoms with E-state index in [2.05, 4.69) is 36.5 Å². The molecule has 3 rings (SSSR count). The lowest BCUT2D eigenvalue weighted by Crippen LogP contribution is -3.15. The van der Waals surface area contributed by atoms with Gasteiger partial charge in [-0.15, -0.1) is 0 Å². The van der Waals surface area contributed by atoms with E-state index < -0.39 is 6.03 Å². The van der Waals surface area contributed by atoms with Crippen LogP contribution in [0.15, 0.2) is 17.2 Å². The monoisotopic (exact) mass is 375 g/mol. The van der Waals surface area contributed by atoms with Crippen LogP contribution in [-0.2, 0) is 6.42 Å². The van der Waals surface area contributed by atoms with Crippen LogP contribution in [0.4, 0.5) is 4.79 Å². The number of fused-ring (bicyclic) bond motifs is 3. The quantitative estimate of drug-likeness (QED) is 0.677. The summed E-state index contributed by atoms with van der Waals surface area (Å²) in [6.45, 7) is 6.57. The van der Waals surface area contributed by atoms with Gasteiger partial charge in [0.25, 0.3) is 0 Å². The number of nitrogens with one attached hydrogen (secondary N) is 2. The van der Waals surface area contributed by atoms with Crippen LogP contribution in [-0.4, -0.2) is 39.1 Å². The van der Waals surface area contributed by atoms with Crippen molar-refractivity contribution in [3.8, 4) is 11.5 Å². The van der Waals surface area contributed by atoms with Crippen LogP contribution in [0.1, 0.15) is 43.9 Å². The maximum Gasteiger partial charge on any atom is 0.332 e. The Morgan fingerprint density at radius 2 is 2.04 bits per heavy atom. The topological polar surface area (TPSA) is 90.4 Å². The second-order valence-electron chi connectivity index (χ2n) is 7.93. The molecular formula is C20H31N4O3+. The summed E-state index contributed by atoms with van der Waals surface area (Å²) in [6, 6.07) is 3.91. The number of amides is 2. The molecule has 2 amide bonds. The van der Waals surface area contributed by atoms with E-state index in [0.717, 1.165) is 49.6 Å². The number of quaternary nitrogens is 1. The zero-order chi connectivity index (χ0) is 19.6. The zero-order valence-electron chi connectivity index (χ0n) is 16.7. The average Bonchev–Trinajstić information content (AvgIpc) is 2.64. The number of rotatable bonds is 5. The van der Waals surface area contributed by atoms with Crippen molar-refractivity contribution < 1.29 is 19.2 Å². The number of benzene rings is 1. The third kappa shape index (κ3) is 4.18.